The van der Waals surface area contributed by atoms with Gasteiger partial charge in [0.2, 0.25) is 5.28 Å². The summed E-state index contributed by atoms with van der Waals surface area (Å²) < 4.78 is 3.90. The number of aromatic carboxylic acids is 1. The Balaban J connectivity index is 2.01. The maximum Gasteiger partial charge on any atom is 0.341 e. The second kappa shape index (κ2) is 8.45. The predicted octanol–water partition coefficient (Wildman–Crippen LogP) is 2.34. The lowest BCUT2D eigenvalue weighted by Crippen LogP contribution is -2.45. The van der Waals surface area contributed by atoms with Crippen molar-refractivity contribution in [3.8, 4) is 0 Å². The van der Waals surface area contributed by atoms with Gasteiger partial charge < -0.3 is 15.0 Å². The molecule has 0 atom stereocenters. The van der Waals surface area contributed by atoms with Crippen molar-refractivity contribution < 1.29 is 9.90 Å². The highest BCUT2D eigenvalue weighted by atomic mass is 35.5. The highest BCUT2D eigenvalue weighted by molar-refractivity contribution is 7.05. The van der Waals surface area contributed by atoms with E-state index in [1.54, 1.807) is 12.1 Å². The van der Waals surface area contributed by atoms with E-state index in [0.717, 1.165) is 36.6 Å². The van der Waals surface area contributed by atoms with Crippen molar-refractivity contribution in [2.75, 3.05) is 18.0 Å². The first-order valence-corrected chi connectivity index (χ1v) is 9.49. The van der Waals surface area contributed by atoms with Crippen LogP contribution in [0.4, 0.5) is 5.82 Å². The van der Waals surface area contributed by atoms with Crippen LogP contribution in [0.3, 0.4) is 0 Å². The van der Waals surface area contributed by atoms with Gasteiger partial charge in [-0.25, -0.2) is 14.8 Å². The fraction of sp³-hybridized carbons (Fsp3) is 0.353. The number of carbonyl (C=O) groups is 1. The Morgan fingerprint density at radius 1 is 1.41 bits per heavy atom. The van der Waals surface area contributed by atoms with Gasteiger partial charge in [0.15, 0.2) is 5.43 Å². The molecule has 1 aliphatic rings. The highest BCUT2D eigenvalue weighted by Gasteiger charge is 2.22. The minimum atomic E-state index is -1.32. The molecule has 0 radical (unpaired) electrons. The zero-order valence-electron chi connectivity index (χ0n) is 14.6. The molecule has 0 unspecified atom stereocenters. The number of aromatic amines is 1. The fourth-order valence-corrected chi connectivity index (χ4v) is 3.57. The topological polar surface area (TPSA) is 112 Å². The van der Waals surface area contributed by atoms with Crippen molar-refractivity contribution in [2.24, 2.45) is 5.92 Å². The maximum atomic E-state index is 12.7. The maximum absolute atomic E-state index is 12.7. The van der Waals surface area contributed by atoms with Crippen LogP contribution in [0.25, 0.3) is 0 Å². The van der Waals surface area contributed by atoms with Crippen molar-refractivity contribution in [3.05, 3.63) is 56.3 Å². The Kier molecular flexibility index (Phi) is 6.02. The van der Waals surface area contributed by atoms with Crippen molar-refractivity contribution in [1.29, 1.82) is 0 Å². The molecule has 1 aliphatic heterocycles. The molecule has 3 rings (SSSR count). The van der Waals surface area contributed by atoms with Gasteiger partial charge in [-0.15, -0.1) is 0 Å². The zero-order valence-corrected chi connectivity index (χ0v) is 16.1. The van der Waals surface area contributed by atoms with Crippen LogP contribution in [0.1, 0.15) is 27.9 Å². The third-order valence-corrected chi connectivity index (χ3v) is 5.20. The molecule has 1 fully saturated rings. The molecule has 8 nitrogen and oxygen atoms in total. The van der Waals surface area contributed by atoms with Gasteiger partial charge in [-0.1, -0.05) is 13.0 Å². The number of nitrogens with one attached hydrogen (secondary N) is 1. The average molecular weight is 408 g/mol. The first kappa shape index (κ1) is 19.2. The van der Waals surface area contributed by atoms with Crippen LogP contribution in [0.15, 0.2) is 29.5 Å². The van der Waals surface area contributed by atoms with Crippen molar-refractivity contribution in [2.45, 2.75) is 19.8 Å². The van der Waals surface area contributed by atoms with Gasteiger partial charge in [-0.3, -0.25) is 4.79 Å². The fourth-order valence-electron chi connectivity index (χ4n) is 2.77. The van der Waals surface area contributed by atoms with E-state index >= 15 is 0 Å². The van der Waals surface area contributed by atoms with Gasteiger partial charge in [-0.05, 0) is 41.5 Å². The first-order valence-electron chi connectivity index (χ1n) is 8.34. The Labute approximate surface area is 164 Å². The molecule has 27 heavy (non-hydrogen) atoms. The molecule has 142 valence electrons. The number of hydrogen-bond donors (Lipinski definition) is 2. The van der Waals surface area contributed by atoms with Crippen LogP contribution in [-0.4, -0.2) is 43.5 Å². The lowest BCUT2D eigenvalue weighted by atomic mass is 10.0. The quantitative estimate of drug-likeness (QED) is 0.782. The van der Waals surface area contributed by atoms with Crippen LogP contribution in [0.2, 0.25) is 5.28 Å². The van der Waals surface area contributed by atoms with Gasteiger partial charge in [0, 0.05) is 31.3 Å². The monoisotopic (exact) mass is 407 g/mol. The number of halogens is 1. The standard InChI is InChI=1S/C17H18ClN5O3S/c1-10-7-23(8-10)13-4-2-11(3-5-14-21-17(18)22-27-14)15(24)12(16(25)26)6-19-9-20-13/h2,4,6,9-10H,3,5,7-8H2,1H3,(H,19,20)(H,25,26). The second-order valence-corrected chi connectivity index (χ2v) is 7.49. The van der Waals surface area contributed by atoms with Crippen LogP contribution in [-0.2, 0) is 12.8 Å². The summed E-state index contributed by atoms with van der Waals surface area (Å²) in [5.41, 5.74) is -0.589. The van der Waals surface area contributed by atoms with Gasteiger partial charge in [0.25, 0.3) is 0 Å². The molecule has 0 aliphatic carbocycles. The molecule has 0 saturated carbocycles. The molecular weight excluding hydrogens is 390 g/mol. The predicted molar refractivity (Wildman–Crippen MR) is 103 cm³/mol. The van der Waals surface area contributed by atoms with Crippen LogP contribution < -0.4 is 10.3 Å². The minimum absolute atomic E-state index is 0.167. The van der Waals surface area contributed by atoms with Gasteiger partial charge >= 0.3 is 5.97 Å². The summed E-state index contributed by atoms with van der Waals surface area (Å²) in [7, 11) is 0. The summed E-state index contributed by atoms with van der Waals surface area (Å²) in [5.74, 6) is 0.0995. The summed E-state index contributed by atoms with van der Waals surface area (Å²) >= 11 is 6.89. The Hall–Kier alpha value is -2.52. The lowest BCUT2D eigenvalue weighted by molar-refractivity contribution is 0.0695. The van der Waals surface area contributed by atoms with E-state index in [0.29, 0.717) is 29.3 Å². The van der Waals surface area contributed by atoms with E-state index < -0.39 is 11.4 Å². The third-order valence-electron chi connectivity index (χ3n) is 4.16. The normalized spacial score (nSPS) is 13.8. The number of H-pyrrole nitrogens is 1. The van der Waals surface area contributed by atoms with E-state index in [4.69, 9.17) is 11.6 Å². The van der Waals surface area contributed by atoms with Crippen molar-refractivity contribution >= 4 is 34.9 Å². The highest BCUT2D eigenvalue weighted by Crippen LogP contribution is 2.20. The van der Waals surface area contributed by atoms with E-state index in [2.05, 4.69) is 31.1 Å². The Bertz CT molecular complexity index is 954. The number of carboxylic acid groups (broad SMARTS) is 1. The van der Waals surface area contributed by atoms with E-state index in [1.165, 1.54) is 6.33 Å². The molecule has 0 spiro atoms. The largest absolute Gasteiger partial charge is 0.477 e. The Morgan fingerprint density at radius 3 is 2.81 bits per heavy atom. The van der Waals surface area contributed by atoms with E-state index in [9.17, 15) is 14.7 Å². The summed E-state index contributed by atoms with van der Waals surface area (Å²) in [6, 6.07) is 3.44. The SMILES string of the molecule is CC1CN(c2ccc(CCc3nc(Cl)ns3)c(=O)c(C(=O)O)cnc[nH]2)C1. The average Bonchev–Trinajstić information content (AvgIpc) is 3.01. The second-order valence-electron chi connectivity index (χ2n) is 6.31. The van der Waals surface area contributed by atoms with Gasteiger partial charge in [0.1, 0.15) is 16.4 Å². The number of rotatable bonds is 5. The number of nitrogens with zero attached hydrogens (tertiary/aromatic N) is 4. The lowest BCUT2D eigenvalue weighted by Gasteiger charge is -2.38. The number of hydrogen-bond acceptors (Lipinski definition) is 7. The van der Waals surface area contributed by atoms with E-state index in [1.807, 2.05) is 0 Å². The summed E-state index contributed by atoms with van der Waals surface area (Å²) in [4.78, 5) is 37.3. The number of aryl methyl sites for hydroxylation is 2. The van der Waals surface area contributed by atoms with Crippen LogP contribution in [0.5, 0.6) is 0 Å². The number of carboxylic acids is 1. The summed E-state index contributed by atoms with van der Waals surface area (Å²) in [5, 5.41) is 10.2. The molecular formula is C17H18ClN5O3S. The molecule has 0 aromatic carbocycles. The number of aromatic nitrogens is 4. The van der Waals surface area contributed by atoms with Crippen LogP contribution >= 0.6 is 23.1 Å². The van der Waals surface area contributed by atoms with Gasteiger partial charge in [0.05, 0.1) is 6.33 Å². The molecule has 0 amide bonds. The zero-order chi connectivity index (χ0) is 19.4. The van der Waals surface area contributed by atoms with Gasteiger partial charge in [-0.2, -0.15) is 4.37 Å². The first-order chi connectivity index (χ1) is 12.9. The molecule has 10 heteroatoms. The number of anilines is 1. The third kappa shape index (κ3) is 4.81. The molecule has 2 N–H and O–H groups in total. The van der Waals surface area contributed by atoms with Crippen molar-refractivity contribution in [1.82, 2.24) is 19.3 Å². The molecule has 3 heterocycles. The smallest absolute Gasteiger partial charge is 0.341 e. The van der Waals surface area contributed by atoms with E-state index in [-0.39, 0.29) is 10.8 Å². The molecule has 2 aromatic heterocycles. The minimum Gasteiger partial charge on any atom is -0.477 e. The Morgan fingerprint density at radius 2 is 2.19 bits per heavy atom. The molecule has 1 saturated heterocycles. The van der Waals surface area contributed by atoms with Crippen molar-refractivity contribution in [3.63, 3.8) is 0 Å². The molecule has 2 aromatic rings. The summed E-state index contributed by atoms with van der Waals surface area (Å²) in [6.07, 6.45) is 3.20. The summed E-state index contributed by atoms with van der Waals surface area (Å²) in [6.45, 7) is 3.97. The van der Waals surface area contributed by atoms with Crippen LogP contribution in [0, 0.1) is 5.92 Å². The molecule has 0 bridgehead atoms.